The van der Waals surface area contributed by atoms with Crippen molar-refractivity contribution in [2.75, 3.05) is 20.2 Å². The summed E-state index contributed by atoms with van der Waals surface area (Å²) in [7, 11) is 1.29. The van der Waals surface area contributed by atoms with Crippen LogP contribution in [0.1, 0.15) is 13.8 Å². The molecule has 110 valence electrons. The fraction of sp³-hybridized carbons (Fsp3) is 0.429. The highest BCUT2D eigenvalue weighted by Crippen LogP contribution is 2.17. The van der Waals surface area contributed by atoms with Gasteiger partial charge in [0.2, 0.25) is 0 Å². The van der Waals surface area contributed by atoms with Crippen molar-refractivity contribution in [3.05, 3.63) is 28.7 Å². The number of hydrogen-bond acceptors (Lipinski definition) is 4. The number of likely N-dealkylation sites (N-methyl/N-ethyl adjacent to an activating group) is 1. The number of amides is 1. The molecule has 5 nitrogen and oxygen atoms in total. The molecule has 20 heavy (non-hydrogen) atoms. The predicted octanol–water partition coefficient (Wildman–Crippen LogP) is 2.24. The van der Waals surface area contributed by atoms with Gasteiger partial charge in [0.05, 0.1) is 7.11 Å². The number of esters is 1. The quantitative estimate of drug-likeness (QED) is 0.743. The molecule has 1 rings (SSSR count). The van der Waals surface area contributed by atoms with Gasteiger partial charge >= 0.3 is 5.97 Å². The Kier molecular flexibility index (Phi) is 6.51. The molecule has 0 bridgehead atoms. The maximum Gasteiger partial charge on any atom is 0.325 e. The molecule has 0 heterocycles. The number of rotatable bonds is 6. The van der Waals surface area contributed by atoms with Crippen LogP contribution in [-0.4, -0.2) is 43.1 Å². The molecule has 0 fully saturated rings. The second-order valence-electron chi connectivity index (χ2n) is 4.14. The van der Waals surface area contributed by atoms with Crippen LogP contribution in [0.3, 0.4) is 0 Å². The summed E-state index contributed by atoms with van der Waals surface area (Å²) in [6.07, 6.45) is -0.666. The van der Waals surface area contributed by atoms with Crippen molar-refractivity contribution < 1.29 is 19.1 Å². The monoisotopic (exact) mass is 343 g/mol. The smallest absolute Gasteiger partial charge is 0.325 e. The topological polar surface area (TPSA) is 55.8 Å². The molecule has 0 aliphatic carbocycles. The number of carbonyl (C=O) groups is 2. The van der Waals surface area contributed by atoms with E-state index < -0.39 is 12.1 Å². The highest BCUT2D eigenvalue weighted by molar-refractivity contribution is 9.10. The van der Waals surface area contributed by atoms with Crippen molar-refractivity contribution in [1.29, 1.82) is 0 Å². The zero-order valence-corrected chi connectivity index (χ0v) is 13.3. The maximum absolute atomic E-state index is 12.2. The lowest BCUT2D eigenvalue weighted by Crippen LogP contribution is -2.43. The Labute approximate surface area is 127 Å². The van der Waals surface area contributed by atoms with E-state index in [4.69, 9.17) is 4.74 Å². The van der Waals surface area contributed by atoms with Gasteiger partial charge in [0.15, 0.2) is 6.10 Å². The number of benzene rings is 1. The van der Waals surface area contributed by atoms with Crippen LogP contribution in [0.4, 0.5) is 0 Å². The SMILES string of the molecule is CCN(CC(=O)OC)C(=O)C(C)Oc1ccc(Br)cc1. The minimum atomic E-state index is -0.666. The van der Waals surface area contributed by atoms with Crippen LogP contribution >= 0.6 is 15.9 Å². The van der Waals surface area contributed by atoms with Gasteiger partial charge in [-0.2, -0.15) is 0 Å². The van der Waals surface area contributed by atoms with Gasteiger partial charge < -0.3 is 14.4 Å². The maximum atomic E-state index is 12.2. The summed E-state index contributed by atoms with van der Waals surface area (Å²) < 4.78 is 11.1. The van der Waals surface area contributed by atoms with E-state index in [2.05, 4.69) is 20.7 Å². The van der Waals surface area contributed by atoms with Gasteiger partial charge in [0, 0.05) is 11.0 Å². The van der Waals surface area contributed by atoms with Crippen molar-refractivity contribution in [3.63, 3.8) is 0 Å². The van der Waals surface area contributed by atoms with Gasteiger partial charge in [0.1, 0.15) is 12.3 Å². The number of halogens is 1. The van der Waals surface area contributed by atoms with Gasteiger partial charge in [-0.05, 0) is 38.1 Å². The lowest BCUT2D eigenvalue weighted by atomic mass is 10.3. The van der Waals surface area contributed by atoms with E-state index in [0.717, 1.165) is 4.47 Å². The Hall–Kier alpha value is -1.56. The van der Waals surface area contributed by atoms with E-state index in [1.54, 1.807) is 26.0 Å². The second-order valence-corrected chi connectivity index (χ2v) is 5.06. The number of methoxy groups -OCH3 is 1. The molecule has 0 aliphatic heterocycles. The average molecular weight is 344 g/mol. The second kappa shape index (κ2) is 7.89. The van der Waals surface area contributed by atoms with E-state index >= 15 is 0 Å². The minimum Gasteiger partial charge on any atom is -0.481 e. The van der Waals surface area contributed by atoms with Gasteiger partial charge in [-0.3, -0.25) is 9.59 Å². The molecule has 0 N–H and O–H groups in total. The Balaban J connectivity index is 2.64. The molecule has 0 saturated carbocycles. The van der Waals surface area contributed by atoms with E-state index in [1.165, 1.54) is 12.0 Å². The molecule has 0 aliphatic rings. The summed E-state index contributed by atoms with van der Waals surface area (Å²) in [5.41, 5.74) is 0. The molecular weight excluding hydrogens is 326 g/mol. The van der Waals surface area contributed by atoms with Crippen molar-refractivity contribution in [2.24, 2.45) is 0 Å². The van der Waals surface area contributed by atoms with Gasteiger partial charge in [-0.25, -0.2) is 0 Å². The van der Waals surface area contributed by atoms with Crippen LogP contribution < -0.4 is 4.74 Å². The first-order valence-corrected chi connectivity index (χ1v) is 7.05. The molecule has 1 amide bonds. The predicted molar refractivity (Wildman–Crippen MR) is 78.5 cm³/mol. The van der Waals surface area contributed by atoms with Crippen molar-refractivity contribution in [2.45, 2.75) is 20.0 Å². The standard InChI is InChI=1S/C14H18BrNO4/c1-4-16(9-13(17)19-3)14(18)10(2)20-12-7-5-11(15)6-8-12/h5-8,10H,4,9H2,1-3H3. The zero-order valence-electron chi connectivity index (χ0n) is 11.8. The first kappa shape index (κ1) is 16.5. The summed E-state index contributed by atoms with van der Waals surface area (Å²) in [4.78, 5) is 24.8. The lowest BCUT2D eigenvalue weighted by Gasteiger charge is -2.23. The third-order valence-electron chi connectivity index (χ3n) is 2.72. The molecule has 0 spiro atoms. The van der Waals surface area contributed by atoms with Crippen molar-refractivity contribution in [1.82, 2.24) is 4.90 Å². The van der Waals surface area contributed by atoms with Crippen LogP contribution in [0, 0.1) is 0 Å². The number of nitrogens with zero attached hydrogens (tertiary/aromatic N) is 1. The van der Waals surface area contributed by atoms with Crippen LogP contribution in [0.25, 0.3) is 0 Å². The van der Waals surface area contributed by atoms with Gasteiger partial charge in [-0.1, -0.05) is 15.9 Å². The third-order valence-corrected chi connectivity index (χ3v) is 3.24. The highest BCUT2D eigenvalue weighted by atomic mass is 79.9. The Morgan fingerprint density at radius 1 is 1.30 bits per heavy atom. The molecule has 1 aromatic carbocycles. The molecule has 1 aromatic rings. The number of hydrogen-bond donors (Lipinski definition) is 0. The minimum absolute atomic E-state index is 0.0696. The van der Waals surface area contributed by atoms with Crippen LogP contribution in [0.5, 0.6) is 5.75 Å². The fourth-order valence-corrected chi connectivity index (χ4v) is 1.86. The molecule has 0 radical (unpaired) electrons. The van der Waals surface area contributed by atoms with E-state index in [-0.39, 0.29) is 12.5 Å². The summed E-state index contributed by atoms with van der Waals surface area (Å²) in [5.74, 6) is -0.0972. The Morgan fingerprint density at radius 3 is 2.40 bits per heavy atom. The van der Waals surface area contributed by atoms with Crippen LogP contribution in [0.2, 0.25) is 0 Å². The fourth-order valence-electron chi connectivity index (χ4n) is 1.59. The Morgan fingerprint density at radius 2 is 1.90 bits per heavy atom. The lowest BCUT2D eigenvalue weighted by molar-refractivity contribution is -0.149. The molecule has 6 heteroatoms. The van der Waals surface area contributed by atoms with E-state index in [0.29, 0.717) is 12.3 Å². The summed E-state index contributed by atoms with van der Waals surface area (Å²) in [6.45, 7) is 3.80. The summed E-state index contributed by atoms with van der Waals surface area (Å²) in [5, 5.41) is 0. The highest BCUT2D eigenvalue weighted by Gasteiger charge is 2.23. The van der Waals surface area contributed by atoms with Gasteiger partial charge in [0.25, 0.3) is 5.91 Å². The Bertz CT molecular complexity index is 461. The largest absolute Gasteiger partial charge is 0.481 e. The number of carbonyl (C=O) groups excluding carboxylic acids is 2. The molecule has 1 unspecified atom stereocenters. The number of ether oxygens (including phenoxy) is 2. The zero-order chi connectivity index (χ0) is 15.1. The molecule has 0 saturated heterocycles. The molecular formula is C14H18BrNO4. The van der Waals surface area contributed by atoms with Crippen LogP contribution in [-0.2, 0) is 14.3 Å². The van der Waals surface area contributed by atoms with Crippen molar-refractivity contribution in [3.8, 4) is 5.75 Å². The van der Waals surface area contributed by atoms with Gasteiger partial charge in [-0.15, -0.1) is 0 Å². The van der Waals surface area contributed by atoms with Crippen LogP contribution in [0.15, 0.2) is 28.7 Å². The normalized spacial score (nSPS) is 11.6. The molecule has 1 atom stereocenters. The first-order valence-electron chi connectivity index (χ1n) is 6.25. The van der Waals surface area contributed by atoms with E-state index in [1.807, 2.05) is 12.1 Å². The third kappa shape index (κ3) is 4.85. The molecule has 0 aromatic heterocycles. The average Bonchev–Trinajstić information content (AvgIpc) is 2.46. The summed E-state index contributed by atoms with van der Waals surface area (Å²) in [6, 6.07) is 7.20. The first-order chi connectivity index (χ1) is 9.47. The van der Waals surface area contributed by atoms with E-state index in [9.17, 15) is 9.59 Å². The summed E-state index contributed by atoms with van der Waals surface area (Å²) >= 11 is 3.33. The van der Waals surface area contributed by atoms with Crippen molar-refractivity contribution >= 4 is 27.8 Å².